The molecule has 0 aromatic rings. The van der Waals surface area contributed by atoms with Gasteiger partial charge in [0.15, 0.2) is 10.3 Å². The first-order valence-electron chi connectivity index (χ1n) is 4.53. The lowest BCUT2D eigenvalue weighted by Crippen LogP contribution is -2.26. The van der Waals surface area contributed by atoms with Crippen LogP contribution in [-0.2, 0) is 4.79 Å². The average molecular weight is 271 g/mol. The largest absolute Gasteiger partial charge is 0.297 e. The molecule has 1 saturated heterocycles. The molecular weight excluding hydrogens is 262 g/mol. The molecule has 7 heteroatoms. The molecule has 4 nitrogen and oxygen atoms in total. The summed E-state index contributed by atoms with van der Waals surface area (Å²) < 4.78 is 0. The Balaban J connectivity index is 2.14. The number of fused-ring (bicyclic) bond motifs is 1. The van der Waals surface area contributed by atoms with Gasteiger partial charge >= 0.3 is 0 Å². The number of rotatable bonds is 2. The summed E-state index contributed by atoms with van der Waals surface area (Å²) in [6.45, 7) is 5.07. The number of amides is 1. The molecule has 0 aliphatic carbocycles. The number of thiol groups is 1. The summed E-state index contributed by atoms with van der Waals surface area (Å²) in [6, 6.07) is 0. The van der Waals surface area contributed by atoms with Gasteiger partial charge in [-0.3, -0.25) is 14.7 Å². The number of carbonyl (C=O) groups excluding carboxylic acids is 1. The summed E-state index contributed by atoms with van der Waals surface area (Å²) in [5, 5.41) is 1.63. The van der Waals surface area contributed by atoms with Gasteiger partial charge in [-0.25, -0.2) is 0 Å². The summed E-state index contributed by atoms with van der Waals surface area (Å²) in [7, 11) is 2.99. The molecule has 1 fully saturated rings. The van der Waals surface area contributed by atoms with E-state index in [1.54, 1.807) is 0 Å². The molecule has 0 bridgehead atoms. The number of allylic oxidation sites excluding steroid dienone is 2. The number of hydrogen-bond acceptors (Lipinski definition) is 5. The van der Waals surface area contributed by atoms with Gasteiger partial charge in [-0.2, -0.15) is 4.99 Å². The van der Waals surface area contributed by atoms with Crippen molar-refractivity contribution in [2.75, 3.05) is 13.1 Å². The molecule has 84 valence electrons. The molecule has 0 N–H and O–H groups in total. The van der Waals surface area contributed by atoms with Crippen molar-refractivity contribution in [3.05, 3.63) is 23.6 Å². The molecule has 0 atom stereocenters. The van der Waals surface area contributed by atoms with Crippen molar-refractivity contribution in [1.82, 2.24) is 4.90 Å². The molecule has 2 aliphatic rings. The number of hydrogen-bond donors (Lipinski definition) is 1. The highest BCUT2D eigenvalue weighted by Gasteiger charge is 2.31. The Morgan fingerprint density at radius 1 is 1.62 bits per heavy atom. The fourth-order valence-electron chi connectivity index (χ4n) is 1.20. The van der Waals surface area contributed by atoms with E-state index in [0.29, 0.717) is 5.17 Å². The Hall–Kier alpha value is -0.660. The molecule has 1 amide bonds. The zero-order valence-corrected chi connectivity index (χ0v) is 10.8. The molecule has 0 spiro atoms. The van der Waals surface area contributed by atoms with Crippen LogP contribution in [0.5, 0.6) is 0 Å². The van der Waals surface area contributed by atoms with Crippen molar-refractivity contribution in [2.45, 2.75) is 0 Å². The fraction of sp³-hybridized carbons (Fsp3) is 0.222. The summed E-state index contributed by atoms with van der Waals surface area (Å²) in [5.41, 5.74) is 0. The lowest BCUT2D eigenvalue weighted by molar-refractivity contribution is -0.113. The molecule has 0 unspecified atom stereocenters. The standard InChI is InChI=1S/C9H9N3OS3/c1-2-3-6(14)7(13)11-9-12-5-4-10-8(12)15-16-9/h2-3,14H,1,4-5H2/b6-3-,11-9?. The molecule has 2 rings (SSSR count). The summed E-state index contributed by atoms with van der Waals surface area (Å²) >= 11 is 4.04. The monoisotopic (exact) mass is 271 g/mol. The van der Waals surface area contributed by atoms with Gasteiger partial charge in [-0.15, -0.1) is 12.6 Å². The van der Waals surface area contributed by atoms with E-state index < -0.39 is 0 Å². The third-order valence-corrected chi connectivity index (χ3v) is 4.44. The molecule has 0 aromatic heterocycles. The van der Waals surface area contributed by atoms with E-state index >= 15 is 0 Å². The minimum atomic E-state index is -0.348. The third-order valence-electron chi connectivity index (χ3n) is 1.92. The van der Waals surface area contributed by atoms with E-state index in [1.807, 2.05) is 4.90 Å². The maximum Gasteiger partial charge on any atom is 0.285 e. The summed E-state index contributed by atoms with van der Waals surface area (Å²) in [4.78, 5) is 22.1. The first-order chi connectivity index (χ1) is 7.72. The van der Waals surface area contributed by atoms with Crippen LogP contribution >= 0.6 is 34.2 Å². The minimum absolute atomic E-state index is 0.290. The van der Waals surface area contributed by atoms with Gasteiger partial charge in [-0.05, 0) is 27.7 Å². The lowest BCUT2D eigenvalue weighted by Gasteiger charge is -2.09. The normalized spacial score (nSPS) is 22.3. The average Bonchev–Trinajstić information content (AvgIpc) is 2.83. The van der Waals surface area contributed by atoms with Crippen LogP contribution < -0.4 is 0 Å². The highest BCUT2D eigenvalue weighted by Crippen LogP contribution is 2.38. The zero-order chi connectivity index (χ0) is 11.5. The van der Waals surface area contributed by atoms with E-state index in [1.165, 1.54) is 33.7 Å². The Bertz CT molecular complexity index is 428. The molecule has 2 heterocycles. The number of aliphatic imine (C=N–C) groups is 2. The highest BCUT2D eigenvalue weighted by molar-refractivity contribution is 8.88. The predicted molar refractivity (Wildman–Crippen MR) is 73.9 cm³/mol. The number of nitrogens with zero attached hydrogens (tertiary/aromatic N) is 3. The van der Waals surface area contributed by atoms with Gasteiger partial charge in [0.2, 0.25) is 0 Å². The molecular formula is C9H9N3OS3. The van der Waals surface area contributed by atoms with E-state index in [0.717, 1.165) is 18.3 Å². The van der Waals surface area contributed by atoms with Crippen molar-refractivity contribution in [2.24, 2.45) is 9.98 Å². The van der Waals surface area contributed by atoms with Crippen LogP contribution in [0.4, 0.5) is 0 Å². The van der Waals surface area contributed by atoms with Crippen LogP contribution in [0.3, 0.4) is 0 Å². The van der Waals surface area contributed by atoms with Crippen LogP contribution in [0.2, 0.25) is 0 Å². The molecule has 2 aliphatic heterocycles. The molecule has 0 saturated carbocycles. The number of carbonyl (C=O) groups is 1. The quantitative estimate of drug-likeness (QED) is 0.361. The topological polar surface area (TPSA) is 45.0 Å². The van der Waals surface area contributed by atoms with E-state index in [2.05, 4.69) is 29.2 Å². The van der Waals surface area contributed by atoms with Gasteiger partial charge in [0.25, 0.3) is 5.91 Å². The van der Waals surface area contributed by atoms with E-state index in [-0.39, 0.29) is 10.8 Å². The highest BCUT2D eigenvalue weighted by atomic mass is 33.1. The van der Waals surface area contributed by atoms with Crippen molar-refractivity contribution in [3.63, 3.8) is 0 Å². The van der Waals surface area contributed by atoms with Crippen LogP contribution in [0.1, 0.15) is 0 Å². The van der Waals surface area contributed by atoms with Gasteiger partial charge < -0.3 is 0 Å². The zero-order valence-electron chi connectivity index (χ0n) is 8.29. The second-order valence-corrected chi connectivity index (χ2v) is 5.52. The maximum absolute atomic E-state index is 11.6. The van der Waals surface area contributed by atoms with Crippen molar-refractivity contribution >= 4 is 50.5 Å². The third kappa shape index (κ3) is 2.36. The second-order valence-electron chi connectivity index (χ2n) is 2.97. The van der Waals surface area contributed by atoms with Crippen LogP contribution in [0, 0.1) is 0 Å². The Morgan fingerprint density at radius 3 is 3.19 bits per heavy atom. The molecule has 0 radical (unpaired) electrons. The fourth-order valence-corrected chi connectivity index (χ4v) is 3.62. The Labute approximate surface area is 107 Å². The van der Waals surface area contributed by atoms with Gasteiger partial charge in [-0.1, -0.05) is 12.7 Å². The minimum Gasteiger partial charge on any atom is -0.297 e. The van der Waals surface area contributed by atoms with Crippen molar-refractivity contribution < 1.29 is 4.79 Å². The SMILES string of the molecule is C=C/C=C(\S)C(=O)N=C1SSC2=NCCN21. The predicted octanol–water partition coefficient (Wildman–Crippen LogP) is 1.94. The Kier molecular flexibility index (Phi) is 3.78. The smallest absolute Gasteiger partial charge is 0.285 e. The first kappa shape index (κ1) is 11.8. The van der Waals surface area contributed by atoms with Gasteiger partial charge in [0.05, 0.1) is 11.4 Å². The summed E-state index contributed by atoms with van der Waals surface area (Å²) in [6.07, 6.45) is 3.04. The van der Waals surface area contributed by atoms with Crippen molar-refractivity contribution in [3.8, 4) is 0 Å². The maximum atomic E-state index is 11.6. The second kappa shape index (κ2) is 5.11. The summed E-state index contributed by atoms with van der Waals surface area (Å²) in [5.74, 6) is -0.348. The molecule has 0 aromatic carbocycles. The Morgan fingerprint density at radius 2 is 2.44 bits per heavy atom. The first-order valence-corrected chi connectivity index (χ1v) is 7.13. The lowest BCUT2D eigenvalue weighted by atomic mass is 10.4. The number of amidine groups is 2. The van der Waals surface area contributed by atoms with Gasteiger partial charge in [0.1, 0.15) is 0 Å². The van der Waals surface area contributed by atoms with Crippen LogP contribution in [0.25, 0.3) is 0 Å². The van der Waals surface area contributed by atoms with Crippen molar-refractivity contribution in [1.29, 1.82) is 0 Å². The van der Waals surface area contributed by atoms with E-state index in [4.69, 9.17) is 0 Å². The van der Waals surface area contributed by atoms with E-state index in [9.17, 15) is 4.79 Å². The molecule has 16 heavy (non-hydrogen) atoms. The van der Waals surface area contributed by atoms with Crippen LogP contribution in [0.15, 0.2) is 33.6 Å². The van der Waals surface area contributed by atoms with Gasteiger partial charge in [0, 0.05) is 6.54 Å². The van der Waals surface area contributed by atoms with Crippen LogP contribution in [-0.4, -0.2) is 34.2 Å².